The van der Waals surface area contributed by atoms with E-state index in [1.54, 1.807) is 14.2 Å². The van der Waals surface area contributed by atoms with Crippen LogP contribution in [0.3, 0.4) is 0 Å². The van der Waals surface area contributed by atoms with Gasteiger partial charge in [-0.3, -0.25) is 4.90 Å². The molecule has 0 aliphatic carbocycles. The Morgan fingerprint density at radius 1 is 1.28 bits per heavy atom. The number of rotatable bonds is 6. The Hall–Kier alpha value is -0.160. The quantitative estimate of drug-likeness (QED) is 0.740. The summed E-state index contributed by atoms with van der Waals surface area (Å²) in [4.78, 5) is 2.56. The summed E-state index contributed by atoms with van der Waals surface area (Å²) >= 11 is 0. The topological polar surface area (TPSA) is 47.7 Å². The van der Waals surface area contributed by atoms with E-state index in [0.29, 0.717) is 12.6 Å². The van der Waals surface area contributed by atoms with E-state index in [0.717, 1.165) is 13.0 Å². The Balaban J connectivity index is 2.76. The second kappa shape index (κ2) is 7.43. The molecule has 1 heterocycles. The predicted molar refractivity (Wildman–Crippen MR) is 74.5 cm³/mol. The average molecular weight is 258 g/mol. The molecule has 0 aromatic rings. The Morgan fingerprint density at radius 3 is 2.50 bits per heavy atom. The van der Waals surface area contributed by atoms with Gasteiger partial charge < -0.3 is 15.2 Å². The van der Waals surface area contributed by atoms with Gasteiger partial charge in [0, 0.05) is 38.8 Å². The summed E-state index contributed by atoms with van der Waals surface area (Å²) in [6.45, 7) is 6.32. The molecular weight excluding hydrogens is 228 g/mol. The number of hydrogen-bond acceptors (Lipinski definition) is 4. The van der Waals surface area contributed by atoms with Crippen molar-refractivity contribution in [3.63, 3.8) is 0 Å². The van der Waals surface area contributed by atoms with Crippen LogP contribution < -0.4 is 5.73 Å². The second-order valence-electron chi connectivity index (χ2n) is 5.70. The zero-order valence-corrected chi connectivity index (χ0v) is 12.4. The Bertz CT molecular complexity index is 234. The van der Waals surface area contributed by atoms with Crippen molar-refractivity contribution in [2.24, 2.45) is 5.73 Å². The highest BCUT2D eigenvalue weighted by atomic mass is 16.7. The number of nitrogens with zero attached hydrogens (tertiary/aromatic N) is 1. The molecule has 2 N–H and O–H groups in total. The maximum atomic E-state index is 6.06. The molecule has 2 unspecified atom stereocenters. The van der Waals surface area contributed by atoms with Gasteiger partial charge in [-0.25, -0.2) is 0 Å². The van der Waals surface area contributed by atoms with Crippen molar-refractivity contribution >= 4 is 0 Å². The molecule has 108 valence electrons. The van der Waals surface area contributed by atoms with Gasteiger partial charge >= 0.3 is 0 Å². The first-order chi connectivity index (χ1) is 8.57. The van der Waals surface area contributed by atoms with E-state index >= 15 is 0 Å². The molecule has 2 atom stereocenters. The molecule has 1 fully saturated rings. The summed E-state index contributed by atoms with van der Waals surface area (Å²) in [6.07, 6.45) is 5.84. The molecule has 0 radical (unpaired) electrons. The van der Waals surface area contributed by atoms with Crippen LogP contribution in [0.4, 0.5) is 0 Å². The molecule has 4 nitrogen and oxygen atoms in total. The Labute approximate surface area is 112 Å². The van der Waals surface area contributed by atoms with E-state index in [1.807, 2.05) is 0 Å². The van der Waals surface area contributed by atoms with Crippen molar-refractivity contribution in [3.8, 4) is 0 Å². The van der Waals surface area contributed by atoms with E-state index in [2.05, 4.69) is 18.7 Å². The molecule has 1 rings (SSSR count). The highest BCUT2D eigenvalue weighted by Gasteiger charge is 2.36. The minimum absolute atomic E-state index is 0.0412. The van der Waals surface area contributed by atoms with E-state index in [4.69, 9.17) is 15.2 Å². The minimum atomic E-state index is -0.172. The zero-order valence-electron chi connectivity index (χ0n) is 12.4. The lowest BCUT2D eigenvalue weighted by atomic mass is 9.92. The first-order valence-corrected chi connectivity index (χ1v) is 7.10. The molecule has 1 saturated heterocycles. The monoisotopic (exact) mass is 258 g/mol. The van der Waals surface area contributed by atoms with Crippen LogP contribution in [0.25, 0.3) is 0 Å². The first kappa shape index (κ1) is 15.9. The fraction of sp³-hybridized carbons (Fsp3) is 1.00. The third-order valence-corrected chi connectivity index (χ3v) is 4.32. The van der Waals surface area contributed by atoms with Crippen molar-refractivity contribution < 1.29 is 9.47 Å². The normalized spacial score (nSPS) is 26.0. The first-order valence-electron chi connectivity index (χ1n) is 7.10. The molecule has 0 saturated carbocycles. The summed E-state index contributed by atoms with van der Waals surface area (Å²) in [6, 6.07) is 0.593. The molecule has 0 spiro atoms. The van der Waals surface area contributed by atoms with Crippen LogP contribution in [0.2, 0.25) is 0 Å². The molecular formula is C14H30N2O2. The van der Waals surface area contributed by atoms with Crippen molar-refractivity contribution in [2.75, 3.05) is 27.3 Å². The van der Waals surface area contributed by atoms with Gasteiger partial charge in [0.1, 0.15) is 0 Å². The number of likely N-dealkylation sites (tertiary alicyclic amines) is 1. The average Bonchev–Trinajstić information content (AvgIpc) is 2.60. The van der Waals surface area contributed by atoms with Crippen molar-refractivity contribution in [2.45, 2.75) is 63.8 Å². The number of nitrogens with two attached hydrogens (primary N) is 1. The van der Waals surface area contributed by atoms with Crippen molar-refractivity contribution in [3.05, 3.63) is 0 Å². The van der Waals surface area contributed by atoms with Gasteiger partial charge in [-0.1, -0.05) is 12.8 Å². The van der Waals surface area contributed by atoms with E-state index in [9.17, 15) is 0 Å². The van der Waals surface area contributed by atoms with Gasteiger partial charge in [-0.15, -0.1) is 0 Å². The van der Waals surface area contributed by atoms with Crippen molar-refractivity contribution in [1.82, 2.24) is 4.90 Å². The van der Waals surface area contributed by atoms with Gasteiger partial charge in [-0.2, -0.15) is 0 Å². The van der Waals surface area contributed by atoms with Crippen LogP contribution in [-0.4, -0.2) is 50.1 Å². The summed E-state index contributed by atoms with van der Waals surface area (Å²) < 4.78 is 10.7. The molecule has 4 heteroatoms. The molecule has 0 aromatic carbocycles. The largest absolute Gasteiger partial charge is 0.356 e. The SMILES string of the molecule is COC(CC(C)(CN)N1CCCCCC1C)OC. The predicted octanol–water partition coefficient (Wildman–Crippen LogP) is 1.98. The van der Waals surface area contributed by atoms with Crippen LogP contribution in [-0.2, 0) is 9.47 Å². The maximum Gasteiger partial charge on any atom is 0.158 e. The fourth-order valence-electron chi connectivity index (χ4n) is 3.02. The van der Waals surface area contributed by atoms with E-state index < -0.39 is 0 Å². The Kier molecular flexibility index (Phi) is 6.57. The van der Waals surface area contributed by atoms with Gasteiger partial charge in [-0.05, 0) is 33.2 Å². The van der Waals surface area contributed by atoms with E-state index in [1.165, 1.54) is 25.7 Å². The van der Waals surface area contributed by atoms with Crippen LogP contribution in [0.5, 0.6) is 0 Å². The van der Waals surface area contributed by atoms with Gasteiger partial charge in [0.05, 0.1) is 0 Å². The van der Waals surface area contributed by atoms with Gasteiger partial charge in [0.15, 0.2) is 6.29 Å². The van der Waals surface area contributed by atoms with Crippen LogP contribution in [0.15, 0.2) is 0 Å². The summed E-state index contributed by atoms with van der Waals surface area (Å²) in [7, 11) is 3.38. The summed E-state index contributed by atoms with van der Waals surface area (Å²) in [5.74, 6) is 0. The van der Waals surface area contributed by atoms with Gasteiger partial charge in [0.2, 0.25) is 0 Å². The lowest BCUT2D eigenvalue weighted by molar-refractivity contribution is -0.131. The third kappa shape index (κ3) is 3.92. The molecule has 1 aliphatic heterocycles. The summed E-state index contributed by atoms with van der Waals surface area (Å²) in [5, 5.41) is 0. The standard InChI is InChI=1S/C14H30N2O2/c1-12-8-6-5-7-9-16(12)14(2,11-15)10-13(17-3)18-4/h12-13H,5-11,15H2,1-4H3. The number of ether oxygens (including phenoxy) is 2. The molecule has 18 heavy (non-hydrogen) atoms. The Morgan fingerprint density at radius 2 is 1.94 bits per heavy atom. The third-order valence-electron chi connectivity index (χ3n) is 4.32. The summed E-state index contributed by atoms with van der Waals surface area (Å²) in [5.41, 5.74) is 6.01. The zero-order chi connectivity index (χ0) is 13.6. The van der Waals surface area contributed by atoms with Crippen molar-refractivity contribution in [1.29, 1.82) is 0 Å². The fourth-order valence-corrected chi connectivity index (χ4v) is 3.02. The number of hydrogen-bond donors (Lipinski definition) is 1. The maximum absolute atomic E-state index is 6.06. The molecule has 0 bridgehead atoms. The smallest absolute Gasteiger partial charge is 0.158 e. The highest BCUT2D eigenvalue weighted by Crippen LogP contribution is 2.28. The van der Waals surface area contributed by atoms with Crippen LogP contribution in [0.1, 0.15) is 46.0 Å². The lowest BCUT2D eigenvalue weighted by Crippen LogP contribution is -2.56. The molecule has 1 aliphatic rings. The number of methoxy groups -OCH3 is 2. The minimum Gasteiger partial charge on any atom is -0.356 e. The van der Waals surface area contributed by atoms with Gasteiger partial charge in [0.25, 0.3) is 0 Å². The van der Waals surface area contributed by atoms with E-state index in [-0.39, 0.29) is 11.8 Å². The second-order valence-corrected chi connectivity index (χ2v) is 5.70. The van der Waals surface area contributed by atoms with Crippen LogP contribution >= 0.6 is 0 Å². The molecule has 0 aromatic heterocycles. The molecule has 0 amide bonds. The van der Waals surface area contributed by atoms with Crippen LogP contribution in [0, 0.1) is 0 Å². The lowest BCUT2D eigenvalue weighted by Gasteiger charge is -2.45. The highest BCUT2D eigenvalue weighted by molar-refractivity contribution is 4.92.